The second kappa shape index (κ2) is 6.83. The fourth-order valence-corrected chi connectivity index (χ4v) is 1.76. The van der Waals surface area contributed by atoms with E-state index in [9.17, 15) is 9.59 Å². The molecule has 0 spiro atoms. The molecule has 1 rings (SSSR count). The topological polar surface area (TPSA) is 60.9 Å². The standard InChI is InChI=1S/C13H20N2O3/c1-3-8-14(9-4-2)13(18)15(11-5-6-11)10-7-12(16)17/h3-4,11H,1-2,5-10H2,(H,16,17). The molecule has 1 aliphatic carbocycles. The normalized spacial score (nSPS) is 13.8. The lowest BCUT2D eigenvalue weighted by atomic mass is 10.3. The molecule has 5 nitrogen and oxygen atoms in total. The first kappa shape index (κ1) is 14.3. The van der Waals surface area contributed by atoms with Gasteiger partial charge in [0, 0.05) is 25.7 Å². The fraction of sp³-hybridized carbons (Fsp3) is 0.538. The monoisotopic (exact) mass is 252 g/mol. The molecular weight excluding hydrogens is 232 g/mol. The number of rotatable bonds is 8. The summed E-state index contributed by atoms with van der Waals surface area (Å²) in [4.78, 5) is 26.2. The van der Waals surface area contributed by atoms with Gasteiger partial charge in [0.15, 0.2) is 0 Å². The number of nitrogens with zero attached hydrogens (tertiary/aromatic N) is 2. The van der Waals surface area contributed by atoms with Gasteiger partial charge in [-0.05, 0) is 12.8 Å². The summed E-state index contributed by atoms with van der Waals surface area (Å²) >= 11 is 0. The Morgan fingerprint density at radius 1 is 1.22 bits per heavy atom. The summed E-state index contributed by atoms with van der Waals surface area (Å²) in [5.41, 5.74) is 0. The summed E-state index contributed by atoms with van der Waals surface area (Å²) in [5, 5.41) is 8.71. The number of urea groups is 1. The van der Waals surface area contributed by atoms with Gasteiger partial charge in [0.1, 0.15) is 0 Å². The maximum atomic E-state index is 12.3. The van der Waals surface area contributed by atoms with Gasteiger partial charge in [-0.15, -0.1) is 13.2 Å². The van der Waals surface area contributed by atoms with Crippen molar-refractivity contribution >= 4 is 12.0 Å². The summed E-state index contributed by atoms with van der Waals surface area (Å²) in [6.45, 7) is 8.40. The molecule has 0 atom stereocenters. The van der Waals surface area contributed by atoms with Gasteiger partial charge in [0.25, 0.3) is 0 Å². The molecule has 0 aliphatic heterocycles. The summed E-state index contributed by atoms with van der Waals surface area (Å²) < 4.78 is 0. The summed E-state index contributed by atoms with van der Waals surface area (Å²) in [6.07, 6.45) is 5.22. The van der Waals surface area contributed by atoms with Crippen LogP contribution in [0.4, 0.5) is 4.79 Å². The van der Waals surface area contributed by atoms with Crippen LogP contribution in [0, 0.1) is 0 Å². The number of carboxylic acid groups (broad SMARTS) is 1. The number of carboxylic acids is 1. The maximum Gasteiger partial charge on any atom is 0.320 e. The Bertz CT molecular complexity index is 327. The first-order valence-electron chi connectivity index (χ1n) is 6.09. The molecule has 2 amide bonds. The molecule has 0 radical (unpaired) electrons. The molecule has 0 heterocycles. The highest BCUT2D eigenvalue weighted by molar-refractivity contribution is 5.76. The maximum absolute atomic E-state index is 12.3. The van der Waals surface area contributed by atoms with Crippen molar-refractivity contribution in [3.63, 3.8) is 0 Å². The smallest absolute Gasteiger partial charge is 0.320 e. The van der Waals surface area contributed by atoms with Crippen molar-refractivity contribution in [2.24, 2.45) is 0 Å². The summed E-state index contributed by atoms with van der Waals surface area (Å²) in [5.74, 6) is -0.882. The molecule has 0 unspecified atom stereocenters. The van der Waals surface area contributed by atoms with Crippen molar-refractivity contribution in [1.82, 2.24) is 9.80 Å². The third kappa shape index (κ3) is 4.24. The van der Waals surface area contributed by atoms with Gasteiger partial charge in [-0.1, -0.05) is 12.2 Å². The minimum Gasteiger partial charge on any atom is -0.481 e. The van der Waals surface area contributed by atoms with E-state index in [0.29, 0.717) is 13.1 Å². The zero-order valence-corrected chi connectivity index (χ0v) is 10.5. The SMILES string of the molecule is C=CCN(CC=C)C(=O)N(CCC(=O)O)C1CC1. The van der Waals surface area contributed by atoms with Crippen LogP contribution in [-0.4, -0.2) is 52.6 Å². The number of hydrogen-bond acceptors (Lipinski definition) is 2. The second-order valence-corrected chi connectivity index (χ2v) is 4.33. The van der Waals surface area contributed by atoms with Crippen molar-refractivity contribution in [3.05, 3.63) is 25.3 Å². The van der Waals surface area contributed by atoms with Gasteiger partial charge in [-0.3, -0.25) is 4.79 Å². The van der Waals surface area contributed by atoms with E-state index in [4.69, 9.17) is 5.11 Å². The Morgan fingerprint density at radius 3 is 2.17 bits per heavy atom. The van der Waals surface area contributed by atoms with E-state index in [1.165, 1.54) is 0 Å². The molecule has 1 N–H and O–H groups in total. The molecular formula is C13H20N2O3. The van der Waals surface area contributed by atoms with Crippen LogP contribution in [0.5, 0.6) is 0 Å². The van der Waals surface area contributed by atoms with Crippen LogP contribution in [0.25, 0.3) is 0 Å². The van der Waals surface area contributed by atoms with Crippen molar-refractivity contribution in [2.75, 3.05) is 19.6 Å². The predicted molar refractivity (Wildman–Crippen MR) is 69.3 cm³/mol. The third-order valence-corrected chi connectivity index (χ3v) is 2.77. The molecule has 0 aromatic heterocycles. The highest BCUT2D eigenvalue weighted by Gasteiger charge is 2.34. The summed E-state index contributed by atoms with van der Waals surface area (Å²) in [7, 11) is 0. The van der Waals surface area contributed by atoms with E-state index in [-0.39, 0.29) is 25.0 Å². The molecule has 5 heteroatoms. The quantitative estimate of drug-likeness (QED) is 0.669. The molecule has 1 aliphatic rings. The van der Waals surface area contributed by atoms with Crippen LogP contribution in [-0.2, 0) is 4.79 Å². The van der Waals surface area contributed by atoms with Crippen molar-refractivity contribution in [3.8, 4) is 0 Å². The molecule has 0 aromatic carbocycles. The van der Waals surface area contributed by atoms with Crippen molar-refractivity contribution in [1.29, 1.82) is 0 Å². The van der Waals surface area contributed by atoms with Gasteiger partial charge in [-0.2, -0.15) is 0 Å². The highest BCUT2D eigenvalue weighted by Crippen LogP contribution is 2.28. The van der Waals surface area contributed by atoms with E-state index < -0.39 is 5.97 Å². The van der Waals surface area contributed by atoms with Crippen molar-refractivity contribution < 1.29 is 14.7 Å². The highest BCUT2D eigenvalue weighted by atomic mass is 16.4. The molecule has 1 fully saturated rings. The van der Waals surface area contributed by atoms with E-state index in [1.54, 1.807) is 22.0 Å². The predicted octanol–water partition coefficient (Wildman–Crippen LogP) is 1.72. The van der Waals surface area contributed by atoms with E-state index in [2.05, 4.69) is 13.2 Å². The Kier molecular flexibility index (Phi) is 5.42. The zero-order valence-electron chi connectivity index (χ0n) is 10.5. The van der Waals surface area contributed by atoms with Gasteiger partial charge in [0.05, 0.1) is 6.42 Å². The van der Waals surface area contributed by atoms with E-state index >= 15 is 0 Å². The molecule has 100 valence electrons. The van der Waals surface area contributed by atoms with Gasteiger partial charge < -0.3 is 14.9 Å². The Labute approximate surface area is 107 Å². The van der Waals surface area contributed by atoms with Gasteiger partial charge >= 0.3 is 12.0 Å². The van der Waals surface area contributed by atoms with Crippen LogP contribution in [0.3, 0.4) is 0 Å². The van der Waals surface area contributed by atoms with Gasteiger partial charge in [0.2, 0.25) is 0 Å². The van der Waals surface area contributed by atoms with E-state index in [0.717, 1.165) is 12.8 Å². The van der Waals surface area contributed by atoms with Gasteiger partial charge in [-0.25, -0.2) is 4.79 Å². The number of carbonyl (C=O) groups is 2. The molecule has 0 aromatic rings. The number of carbonyl (C=O) groups excluding carboxylic acids is 1. The first-order valence-corrected chi connectivity index (χ1v) is 6.09. The average Bonchev–Trinajstić information content (AvgIpc) is 3.13. The third-order valence-electron chi connectivity index (χ3n) is 2.77. The number of hydrogen-bond donors (Lipinski definition) is 1. The summed E-state index contributed by atoms with van der Waals surface area (Å²) in [6, 6.07) is 0.0764. The lowest BCUT2D eigenvalue weighted by molar-refractivity contribution is -0.137. The van der Waals surface area contributed by atoms with Crippen LogP contribution in [0.2, 0.25) is 0 Å². The Balaban J connectivity index is 2.63. The number of amides is 2. The molecule has 0 bridgehead atoms. The van der Waals surface area contributed by atoms with Crippen LogP contribution in [0.15, 0.2) is 25.3 Å². The second-order valence-electron chi connectivity index (χ2n) is 4.33. The lowest BCUT2D eigenvalue weighted by Gasteiger charge is -2.29. The molecule has 18 heavy (non-hydrogen) atoms. The zero-order chi connectivity index (χ0) is 13.5. The first-order chi connectivity index (χ1) is 8.60. The van der Waals surface area contributed by atoms with E-state index in [1.807, 2.05) is 0 Å². The fourth-order valence-electron chi connectivity index (χ4n) is 1.76. The number of aliphatic carboxylic acids is 1. The van der Waals surface area contributed by atoms with Crippen LogP contribution >= 0.6 is 0 Å². The Hall–Kier alpha value is -1.78. The largest absolute Gasteiger partial charge is 0.481 e. The van der Waals surface area contributed by atoms with Crippen molar-refractivity contribution in [2.45, 2.75) is 25.3 Å². The average molecular weight is 252 g/mol. The van der Waals surface area contributed by atoms with Crippen LogP contribution in [0.1, 0.15) is 19.3 Å². The Morgan fingerprint density at radius 2 is 1.78 bits per heavy atom. The minimum atomic E-state index is -0.882. The lowest BCUT2D eigenvalue weighted by Crippen LogP contribution is -2.45. The minimum absolute atomic E-state index is 0.0156. The molecule has 0 saturated heterocycles. The molecule has 1 saturated carbocycles. The van der Waals surface area contributed by atoms with Crippen LogP contribution < -0.4 is 0 Å².